The summed E-state index contributed by atoms with van der Waals surface area (Å²) in [5, 5.41) is 0.496. The van der Waals surface area contributed by atoms with Gasteiger partial charge < -0.3 is 19.3 Å². The second kappa shape index (κ2) is 8.39. The standard InChI is InChI=1S/C22H23FN2O3S/c1-27-14-15-20-16(23)6-5-9-19(20)29-21(15)22(26)25-12-10-24(11-13-25)17-7-3-4-8-18(17)28-2/h3-9H,10-14H2,1-2H3. The fourth-order valence-electron chi connectivity index (χ4n) is 3.81. The Bertz CT molecular complexity index is 1030. The molecule has 1 saturated heterocycles. The number of para-hydroxylation sites is 2. The molecular weight excluding hydrogens is 391 g/mol. The largest absolute Gasteiger partial charge is 0.495 e. The van der Waals surface area contributed by atoms with Crippen molar-refractivity contribution in [2.24, 2.45) is 0 Å². The Hall–Kier alpha value is -2.64. The molecule has 1 aliphatic heterocycles. The van der Waals surface area contributed by atoms with Crippen LogP contribution in [-0.2, 0) is 11.3 Å². The number of carbonyl (C=O) groups excluding carboxylic acids is 1. The van der Waals surface area contributed by atoms with E-state index in [9.17, 15) is 9.18 Å². The van der Waals surface area contributed by atoms with Crippen LogP contribution in [0.5, 0.6) is 5.75 Å². The molecular formula is C22H23FN2O3S. The third-order valence-electron chi connectivity index (χ3n) is 5.24. The average molecular weight is 415 g/mol. The van der Waals surface area contributed by atoms with Gasteiger partial charge in [0.1, 0.15) is 11.6 Å². The Balaban J connectivity index is 1.56. The number of ether oxygens (including phenoxy) is 2. The molecule has 152 valence electrons. The van der Waals surface area contributed by atoms with Gasteiger partial charge in [-0.25, -0.2) is 4.39 Å². The maximum Gasteiger partial charge on any atom is 0.264 e. The van der Waals surface area contributed by atoms with E-state index in [2.05, 4.69) is 4.90 Å². The number of anilines is 1. The van der Waals surface area contributed by atoms with Crippen LogP contribution in [0.15, 0.2) is 42.5 Å². The minimum absolute atomic E-state index is 0.0580. The lowest BCUT2D eigenvalue weighted by Gasteiger charge is -2.36. The highest BCUT2D eigenvalue weighted by Gasteiger charge is 2.28. The number of hydrogen-bond donors (Lipinski definition) is 0. The van der Waals surface area contributed by atoms with Crippen molar-refractivity contribution in [3.63, 3.8) is 0 Å². The Morgan fingerprint density at radius 3 is 2.55 bits per heavy atom. The molecule has 0 radical (unpaired) electrons. The molecule has 1 aliphatic rings. The number of amides is 1. The number of rotatable bonds is 5. The highest BCUT2D eigenvalue weighted by Crippen LogP contribution is 2.35. The van der Waals surface area contributed by atoms with Gasteiger partial charge in [0.2, 0.25) is 0 Å². The molecule has 5 nitrogen and oxygen atoms in total. The minimum Gasteiger partial charge on any atom is -0.495 e. The zero-order valence-electron chi connectivity index (χ0n) is 16.5. The van der Waals surface area contributed by atoms with E-state index >= 15 is 0 Å². The summed E-state index contributed by atoms with van der Waals surface area (Å²) in [5.41, 5.74) is 1.67. The number of nitrogens with zero attached hydrogens (tertiary/aromatic N) is 2. The van der Waals surface area contributed by atoms with Gasteiger partial charge >= 0.3 is 0 Å². The number of methoxy groups -OCH3 is 2. The Kier molecular flexibility index (Phi) is 5.69. The van der Waals surface area contributed by atoms with Crippen LogP contribution in [0.2, 0.25) is 0 Å². The molecule has 4 rings (SSSR count). The van der Waals surface area contributed by atoms with E-state index in [1.165, 1.54) is 17.4 Å². The van der Waals surface area contributed by atoms with E-state index in [-0.39, 0.29) is 18.3 Å². The van der Waals surface area contributed by atoms with Gasteiger partial charge in [0.25, 0.3) is 5.91 Å². The Labute approximate surface area is 173 Å². The van der Waals surface area contributed by atoms with Crippen molar-refractivity contribution in [1.82, 2.24) is 4.90 Å². The van der Waals surface area contributed by atoms with Gasteiger partial charge in [-0.2, -0.15) is 0 Å². The molecule has 0 aliphatic carbocycles. The molecule has 1 amide bonds. The van der Waals surface area contributed by atoms with E-state index < -0.39 is 0 Å². The van der Waals surface area contributed by atoms with Gasteiger partial charge in [-0.3, -0.25) is 4.79 Å². The fourth-order valence-corrected chi connectivity index (χ4v) is 5.00. The van der Waals surface area contributed by atoms with Crippen molar-refractivity contribution < 1.29 is 18.7 Å². The first-order valence-electron chi connectivity index (χ1n) is 9.50. The van der Waals surface area contributed by atoms with Gasteiger partial charge in [-0.1, -0.05) is 18.2 Å². The van der Waals surface area contributed by atoms with Crippen LogP contribution in [0.3, 0.4) is 0 Å². The summed E-state index contributed by atoms with van der Waals surface area (Å²) >= 11 is 1.34. The molecule has 0 saturated carbocycles. The maximum atomic E-state index is 14.4. The number of halogens is 1. The van der Waals surface area contributed by atoms with Crippen molar-refractivity contribution in [3.05, 3.63) is 58.7 Å². The van der Waals surface area contributed by atoms with Crippen LogP contribution in [0.4, 0.5) is 10.1 Å². The third-order valence-corrected chi connectivity index (χ3v) is 6.42. The smallest absolute Gasteiger partial charge is 0.264 e. The summed E-state index contributed by atoms with van der Waals surface area (Å²) in [6.07, 6.45) is 0. The molecule has 29 heavy (non-hydrogen) atoms. The number of piperazine rings is 1. The molecule has 0 N–H and O–H groups in total. The van der Waals surface area contributed by atoms with Crippen LogP contribution in [0, 0.1) is 5.82 Å². The van der Waals surface area contributed by atoms with E-state index in [0.717, 1.165) is 16.1 Å². The van der Waals surface area contributed by atoms with Crippen molar-refractivity contribution in [3.8, 4) is 5.75 Å². The molecule has 7 heteroatoms. The Morgan fingerprint density at radius 2 is 1.83 bits per heavy atom. The van der Waals surface area contributed by atoms with Gasteiger partial charge in [0.05, 0.1) is 24.3 Å². The van der Waals surface area contributed by atoms with E-state index in [0.29, 0.717) is 42.0 Å². The van der Waals surface area contributed by atoms with Gasteiger partial charge in [0, 0.05) is 48.9 Å². The topological polar surface area (TPSA) is 42.0 Å². The Morgan fingerprint density at radius 1 is 1.07 bits per heavy atom. The quantitative estimate of drug-likeness (QED) is 0.629. The summed E-state index contributed by atoms with van der Waals surface area (Å²) in [6, 6.07) is 12.8. The van der Waals surface area contributed by atoms with Crippen molar-refractivity contribution in [1.29, 1.82) is 0 Å². The molecule has 0 atom stereocenters. The third kappa shape index (κ3) is 3.68. The van der Waals surface area contributed by atoms with Crippen molar-refractivity contribution in [2.45, 2.75) is 6.61 Å². The predicted molar refractivity (Wildman–Crippen MR) is 114 cm³/mol. The molecule has 1 aromatic heterocycles. The van der Waals surface area contributed by atoms with Crippen molar-refractivity contribution >= 4 is 33.0 Å². The normalized spacial score (nSPS) is 14.4. The second-order valence-electron chi connectivity index (χ2n) is 6.91. The SMILES string of the molecule is COCc1c(C(=O)N2CCN(c3ccccc3OC)CC2)sc2cccc(F)c12. The lowest BCUT2D eigenvalue weighted by molar-refractivity contribution is 0.0747. The van der Waals surface area contributed by atoms with Gasteiger partial charge in [0.15, 0.2) is 0 Å². The van der Waals surface area contributed by atoms with Crippen LogP contribution >= 0.6 is 11.3 Å². The van der Waals surface area contributed by atoms with Crippen LogP contribution in [0.1, 0.15) is 15.2 Å². The maximum absolute atomic E-state index is 14.4. The first-order valence-corrected chi connectivity index (χ1v) is 10.3. The number of benzene rings is 2. The first kappa shape index (κ1) is 19.7. The molecule has 1 fully saturated rings. The van der Waals surface area contributed by atoms with Crippen LogP contribution in [-0.4, -0.2) is 51.2 Å². The summed E-state index contributed by atoms with van der Waals surface area (Å²) in [7, 11) is 3.22. The fraction of sp³-hybridized carbons (Fsp3) is 0.318. The van der Waals surface area contributed by atoms with Gasteiger partial charge in [-0.05, 0) is 24.3 Å². The predicted octanol–water partition coefficient (Wildman–Crippen LogP) is 4.16. The lowest BCUT2D eigenvalue weighted by Crippen LogP contribution is -2.48. The van der Waals surface area contributed by atoms with E-state index in [4.69, 9.17) is 9.47 Å². The molecule has 0 spiro atoms. The highest BCUT2D eigenvalue weighted by molar-refractivity contribution is 7.21. The van der Waals surface area contributed by atoms with Gasteiger partial charge in [-0.15, -0.1) is 11.3 Å². The van der Waals surface area contributed by atoms with E-state index in [1.807, 2.05) is 35.2 Å². The summed E-state index contributed by atoms with van der Waals surface area (Å²) < 4.78 is 25.9. The summed E-state index contributed by atoms with van der Waals surface area (Å²) in [5.74, 6) is 0.456. The van der Waals surface area contributed by atoms with Crippen LogP contribution < -0.4 is 9.64 Å². The first-order chi connectivity index (χ1) is 14.1. The zero-order valence-corrected chi connectivity index (χ0v) is 17.3. The second-order valence-corrected chi connectivity index (χ2v) is 7.96. The van der Waals surface area contributed by atoms with E-state index in [1.54, 1.807) is 20.3 Å². The van der Waals surface area contributed by atoms with Crippen LogP contribution in [0.25, 0.3) is 10.1 Å². The molecule has 0 unspecified atom stereocenters. The lowest BCUT2D eigenvalue weighted by atomic mass is 10.1. The number of thiophene rings is 1. The number of carbonyl (C=O) groups is 1. The highest BCUT2D eigenvalue weighted by atomic mass is 32.1. The molecule has 3 aromatic rings. The monoisotopic (exact) mass is 414 g/mol. The summed E-state index contributed by atoms with van der Waals surface area (Å²) in [6.45, 7) is 2.83. The average Bonchev–Trinajstić information content (AvgIpc) is 3.13. The summed E-state index contributed by atoms with van der Waals surface area (Å²) in [4.78, 5) is 17.9. The number of fused-ring (bicyclic) bond motifs is 1. The molecule has 2 heterocycles. The number of hydrogen-bond acceptors (Lipinski definition) is 5. The zero-order chi connectivity index (χ0) is 20.4. The molecule has 0 bridgehead atoms. The molecule has 2 aromatic carbocycles. The minimum atomic E-state index is -0.314. The van der Waals surface area contributed by atoms with Crippen molar-refractivity contribution in [2.75, 3.05) is 45.3 Å².